The number of hydrogen-bond acceptors (Lipinski definition) is 4. The summed E-state index contributed by atoms with van der Waals surface area (Å²) in [6.45, 7) is 6.00. The maximum absolute atomic E-state index is 12.1. The first-order valence-electron chi connectivity index (χ1n) is 7.02. The summed E-state index contributed by atoms with van der Waals surface area (Å²) in [6, 6.07) is 4.81. The number of nitro groups is 1. The Hall–Kier alpha value is -2.17. The van der Waals surface area contributed by atoms with E-state index in [9.17, 15) is 14.9 Å². The van der Waals surface area contributed by atoms with E-state index in [4.69, 9.17) is 0 Å². The minimum absolute atomic E-state index is 0.0482. The first kappa shape index (κ1) is 15.2. The van der Waals surface area contributed by atoms with Crippen LogP contribution in [0.1, 0.15) is 38.7 Å². The molecule has 0 atom stereocenters. The molecule has 1 aliphatic carbocycles. The largest absolute Gasteiger partial charge is 0.361 e. The minimum atomic E-state index is -0.417. The topological polar surface area (TPSA) is 72.2 Å². The fourth-order valence-electron chi connectivity index (χ4n) is 2.52. The molecule has 2 rings (SSSR count). The van der Waals surface area contributed by atoms with Crippen molar-refractivity contribution in [2.75, 3.05) is 5.32 Å². The fourth-order valence-corrected chi connectivity index (χ4v) is 2.52. The van der Waals surface area contributed by atoms with Crippen LogP contribution in [-0.4, -0.2) is 10.7 Å². The van der Waals surface area contributed by atoms with Gasteiger partial charge in [0.25, 0.3) is 5.69 Å². The second-order valence-corrected chi connectivity index (χ2v) is 6.39. The normalized spacial score (nSPS) is 19.6. The molecule has 5 heteroatoms. The van der Waals surface area contributed by atoms with Crippen molar-refractivity contribution in [2.24, 2.45) is 5.41 Å². The van der Waals surface area contributed by atoms with Gasteiger partial charge in [-0.15, -0.1) is 0 Å². The molecule has 21 heavy (non-hydrogen) atoms. The summed E-state index contributed by atoms with van der Waals surface area (Å²) in [4.78, 5) is 22.5. The summed E-state index contributed by atoms with van der Waals surface area (Å²) in [5.74, 6) is 0.154. The lowest BCUT2D eigenvalue weighted by Gasteiger charge is -2.29. The first-order valence-corrected chi connectivity index (χ1v) is 7.02. The van der Waals surface area contributed by atoms with Crippen molar-refractivity contribution in [3.05, 3.63) is 45.6 Å². The van der Waals surface area contributed by atoms with E-state index in [-0.39, 0.29) is 16.9 Å². The van der Waals surface area contributed by atoms with Gasteiger partial charge in [-0.3, -0.25) is 14.9 Å². The Labute approximate surface area is 124 Å². The number of aryl methyl sites for hydroxylation is 1. The summed E-state index contributed by atoms with van der Waals surface area (Å²) in [7, 11) is 0. The fraction of sp³-hybridized carbons (Fsp3) is 0.438. The maximum atomic E-state index is 12.1. The molecule has 1 aromatic rings. The highest BCUT2D eigenvalue weighted by molar-refractivity contribution is 5.96. The molecule has 0 amide bonds. The standard InChI is InChI=1S/C16H20N2O3/c1-11-6-13(8-14(7-11)18(20)21)17-10-12-4-5-16(2,3)9-15(12)19/h6-8,10,17H,4-5,9H2,1-3H3/b12-10-. The number of Topliss-reactive ketones (excluding diaryl/α,β-unsaturated/α-hetero) is 1. The zero-order valence-electron chi connectivity index (χ0n) is 12.6. The third kappa shape index (κ3) is 3.90. The van der Waals surface area contributed by atoms with Crippen molar-refractivity contribution in [3.8, 4) is 0 Å². The van der Waals surface area contributed by atoms with Gasteiger partial charge in [0.1, 0.15) is 0 Å². The number of non-ortho nitro benzene ring substituents is 1. The van der Waals surface area contributed by atoms with Crippen LogP contribution < -0.4 is 5.32 Å². The van der Waals surface area contributed by atoms with Crippen molar-refractivity contribution >= 4 is 17.2 Å². The molecule has 0 radical (unpaired) electrons. The number of carbonyl (C=O) groups excluding carboxylic acids is 1. The van der Waals surface area contributed by atoms with Crippen LogP contribution in [0.15, 0.2) is 30.0 Å². The van der Waals surface area contributed by atoms with Gasteiger partial charge < -0.3 is 5.32 Å². The van der Waals surface area contributed by atoms with Crippen LogP contribution in [0.5, 0.6) is 0 Å². The molecule has 0 bridgehead atoms. The first-order chi connectivity index (χ1) is 9.77. The van der Waals surface area contributed by atoms with E-state index in [1.165, 1.54) is 12.1 Å². The van der Waals surface area contributed by atoms with Crippen molar-refractivity contribution in [2.45, 2.75) is 40.0 Å². The summed E-state index contributed by atoms with van der Waals surface area (Å²) >= 11 is 0. The number of nitrogens with one attached hydrogen (secondary N) is 1. The number of benzene rings is 1. The van der Waals surface area contributed by atoms with Crippen LogP contribution in [-0.2, 0) is 4.79 Å². The number of anilines is 1. The predicted molar refractivity (Wildman–Crippen MR) is 82.2 cm³/mol. The minimum Gasteiger partial charge on any atom is -0.361 e. The third-order valence-electron chi connectivity index (χ3n) is 3.75. The van der Waals surface area contributed by atoms with Gasteiger partial charge in [0, 0.05) is 36.0 Å². The average molecular weight is 288 g/mol. The molecule has 0 aromatic heterocycles. The number of hydrogen-bond donors (Lipinski definition) is 1. The van der Waals surface area contributed by atoms with E-state index in [1.54, 1.807) is 13.1 Å². The van der Waals surface area contributed by atoms with Gasteiger partial charge in [-0.25, -0.2) is 0 Å². The highest BCUT2D eigenvalue weighted by atomic mass is 16.6. The van der Waals surface area contributed by atoms with Crippen molar-refractivity contribution < 1.29 is 9.72 Å². The van der Waals surface area contributed by atoms with Gasteiger partial charge in [-0.05, 0) is 36.8 Å². The van der Waals surface area contributed by atoms with Crippen LogP contribution in [0, 0.1) is 22.5 Å². The van der Waals surface area contributed by atoms with Crippen LogP contribution >= 0.6 is 0 Å². The summed E-state index contributed by atoms with van der Waals surface area (Å²) in [5, 5.41) is 13.9. The molecule has 0 spiro atoms. The van der Waals surface area contributed by atoms with Crippen LogP contribution in [0.3, 0.4) is 0 Å². The van der Waals surface area contributed by atoms with Crippen LogP contribution in [0.25, 0.3) is 0 Å². The number of nitro benzene ring substituents is 1. The third-order valence-corrected chi connectivity index (χ3v) is 3.75. The Balaban J connectivity index is 2.14. The van der Waals surface area contributed by atoms with Gasteiger partial charge in [0.05, 0.1) is 4.92 Å². The van der Waals surface area contributed by atoms with Crippen molar-refractivity contribution in [1.82, 2.24) is 0 Å². The summed E-state index contributed by atoms with van der Waals surface area (Å²) in [5.41, 5.74) is 2.31. The Kier molecular flexibility index (Phi) is 4.11. The van der Waals surface area contributed by atoms with Crippen LogP contribution in [0.4, 0.5) is 11.4 Å². The second kappa shape index (κ2) is 5.68. The quantitative estimate of drug-likeness (QED) is 0.519. The molecule has 1 N–H and O–H groups in total. The number of allylic oxidation sites excluding steroid dienone is 1. The summed E-state index contributed by atoms with van der Waals surface area (Å²) < 4.78 is 0. The number of rotatable bonds is 3. The lowest BCUT2D eigenvalue weighted by molar-refractivity contribution is -0.384. The van der Waals surface area contributed by atoms with Crippen molar-refractivity contribution in [1.29, 1.82) is 0 Å². The molecule has 5 nitrogen and oxygen atoms in total. The van der Waals surface area contributed by atoms with E-state index in [2.05, 4.69) is 19.2 Å². The molecular formula is C16H20N2O3. The monoisotopic (exact) mass is 288 g/mol. The lowest BCUT2D eigenvalue weighted by atomic mass is 9.75. The SMILES string of the molecule is Cc1cc(N/C=C2/CCC(C)(C)CC2=O)cc([N+](=O)[O-])c1. The Morgan fingerprint density at radius 1 is 1.33 bits per heavy atom. The van der Waals surface area contributed by atoms with Crippen molar-refractivity contribution in [3.63, 3.8) is 0 Å². The molecular weight excluding hydrogens is 268 g/mol. The Morgan fingerprint density at radius 3 is 2.67 bits per heavy atom. The van der Waals surface area contributed by atoms with E-state index < -0.39 is 4.92 Å². The van der Waals surface area contributed by atoms with Gasteiger partial charge in [-0.1, -0.05) is 13.8 Å². The zero-order valence-corrected chi connectivity index (χ0v) is 12.6. The van der Waals surface area contributed by atoms with Gasteiger partial charge in [0.15, 0.2) is 5.78 Å². The number of carbonyl (C=O) groups is 1. The lowest BCUT2D eigenvalue weighted by Crippen LogP contribution is -2.24. The molecule has 1 aliphatic rings. The van der Waals surface area contributed by atoms with Gasteiger partial charge in [0.2, 0.25) is 0 Å². The molecule has 0 aliphatic heterocycles. The molecule has 0 heterocycles. The Morgan fingerprint density at radius 2 is 2.05 bits per heavy atom. The number of ketones is 1. The molecule has 1 aromatic carbocycles. The van der Waals surface area contributed by atoms with Gasteiger partial charge >= 0.3 is 0 Å². The molecule has 1 fully saturated rings. The molecule has 1 saturated carbocycles. The van der Waals surface area contributed by atoms with E-state index in [0.717, 1.165) is 24.0 Å². The summed E-state index contributed by atoms with van der Waals surface area (Å²) in [6.07, 6.45) is 3.96. The average Bonchev–Trinajstić information content (AvgIpc) is 2.36. The smallest absolute Gasteiger partial charge is 0.271 e. The maximum Gasteiger partial charge on any atom is 0.271 e. The van der Waals surface area contributed by atoms with E-state index >= 15 is 0 Å². The highest BCUT2D eigenvalue weighted by Gasteiger charge is 2.29. The second-order valence-electron chi connectivity index (χ2n) is 6.39. The Bertz CT molecular complexity index is 618. The number of nitrogens with zero attached hydrogens (tertiary/aromatic N) is 1. The zero-order chi connectivity index (χ0) is 15.6. The molecule has 0 unspecified atom stereocenters. The predicted octanol–water partition coefficient (Wildman–Crippen LogP) is 3.98. The molecule has 112 valence electrons. The van der Waals surface area contributed by atoms with E-state index in [1.807, 2.05) is 6.07 Å². The van der Waals surface area contributed by atoms with Crippen LogP contribution in [0.2, 0.25) is 0 Å². The molecule has 0 saturated heterocycles. The highest BCUT2D eigenvalue weighted by Crippen LogP contribution is 2.35. The van der Waals surface area contributed by atoms with Gasteiger partial charge in [-0.2, -0.15) is 0 Å². The van der Waals surface area contributed by atoms with E-state index in [0.29, 0.717) is 12.1 Å².